The molecular formula is C27H34N6O3. The number of nitrogens with one attached hydrogen (secondary N) is 1. The number of para-hydroxylation sites is 1. The summed E-state index contributed by atoms with van der Waals surface area (Å²) in [5.41, 5.74) is 3.39. The molecule has 190 valence electrons. The Balaban J connectivity index is 1.63. The quantitative estimate of drug-likeness (QED) is 0.381. The second-order valence-corrected chi connectivity index (χ2v) is 9.99. The summed E-state index contributed by atoms with van der Waals surface area (Å²) in [6.07, 6.45) is 0.752. The van der Waals surface area contributed by atoms with E-state index in [9.17, 15) is 4.79 Å². The van der Waals surface area contributed by atoms with Crippen molar-refractivity contribution in [2.75, 3.05) is 20.8 Å². The summed E-state index contributed by atoms with van der Waals surface area (Å²) in [7, 11) is 3.26. The van der Waals surface area contributed by atoms with Crippen LogP contribution in [-0.4, -0.2) is 50.9 Å². The lowest BCUT2D eigenvalue weighted by molar-refractivity contribution is 0.233. The summed E-state index contributed by atoms with van der Waals surface area (Å²) in [5.74, 6) is 2.14. The first kappa shape index (κ1) is 25.4. The standard InChI is InChI=1S/C27H34N6O3/c1-18-8-7-9-20-15-21(26(34)28-25(18)20)16-32(17-24-29-30-31-33(24)27(2,3)4)13-12-19-10-11-22(35-5)23(14-19)36-6/h7-11,14-15H,12-13,16-17H2,1-6H3,(H,28,34). The molecule has 0 saturated heterocycles. The fourth-order valence-corrected chi connectivity index (χ4v) is 4.35. The van der Waals surface area contributed by atoms with Crippen molar-refractivity contribution < 1.29 is 9.47 Å². The van der Waals surface area contributed by atoms with Crippen molar-refractivity contribution in [1.82, 2.24) is 30.1 Å². The van der Waals surface area contributed by atoms with Crippen LogP contribution in [0.2, 0.25) is 0 Å². The molecule has 0 unspecified atom stereocenters. The van der Waals surface area contributed by atoms with Crippen LogP contribution in [0.15, 0.2) is 47.3 Å². The number of H-pyrrole nitrogens is 1. The zero-order valence-electron chi connectivity index (χ0n) is 21.8. The average Bonchev–Trinajstić information content (AvgIpc) is 3.32. The molecule has 4 aromatic rings. The Bertz CT molecular complexity index is 1400. The Morgan fingerprint density at radius 2 is 1.81 bits per heavy atom. The molecule has 0 bridgehead atoms. The number of hydrogen-bond donors (Lipinski definition) is 1. The third-order valence-electron chi connectivity index (χ3n) is 6.26. The van der Waals surface area contributed by atoms with E-state index >= 15 is 0 Å². The predicted octanol–water partition coefficient (Wildman–Crippen LogP) is 3.84. The summed E-state index contributed by atoms with van der Waals surface area (Å²) >= 11 is 0. The topological polar surface area (TPSA) is 98.2 Å². The number of pyridine rings is 1. The van der Waals surface area contributed by atoms with Gasteiger partial charge in [0.2, 0.25) is 0 Å². The second-order valence-electron chi connectivity index (χ2n) is 9.99. The van der Waals surface area contributed by atoms with Gasteiger partial charge in [0.15, 0.2) is 17.3 Å². The van der Waals surface area contributed by atoms with E-state index in [4.69, 9.17) is 9.47 Å². The van der Waals surface area contributed by atoms with Crippen molar-refractivity contribution in [2.24, 2.45) is 0 Å². The molecule has 0 spiro atoms. The SMILES string of the molecule is COc1ccc(CCN(Cc2cc3cccc(C)c3[nH]c2=O)Cc2nnnn2C(C)(C)C)cc1OC. The van der Waals surface area contributed by atoms with Gasteiger partial charge in [-0.15, -0.1) is 5.10 Å². The molecule has 0 radical (unpaired) electrons. The van der Waals surface area contributed by atoms with Crippen LogP contribution in [0.3, 0.4) is 0 Å². The van der Waals surface area contributed by atoms with Gasteiger partial charge in [0, 0.05) is 18.7 Å². The monoisotopic (exact) mass is 490 g/mol. The van der Waals surface area contributed by atoms with E-state index in [1.165, 1.54) is 0 Å². The highest BCUT2D eigenvalue weighted by Crippen LogP contribution is 2.28. The number of ether oxygens (including phenoxy) is 2. The van der Waals surface area contributed by atoms with Crippen LogP contribution in [0.4, 0.5) is 0 Å². The fraction of sp³-hybridized carbons (Fsp3) is 0.407. The molecule has 9 heteroatoms. The summed E-state index contributed by atoms with van der Waals surface area (Å²) in [5, 5.41) is 13.4. The van der Waals surface area contributed by atoms with Gasteiger partial charge in [-0.3, -0.25) is 9.69 Å². The molecule has 0 saturated carbocycles. The average molecular weight is 491 g/mol. The molecule has 2 aromatic carbocycles. The van der Waals surface area contributed by atoms with Crippen molar-refractivity contribution in [3.05, 3.63) is 75.3 Å². The number of tetrazole rings is 1. The smallest absolute Gasteiger partial charge is 0.252 e. The Kier molecular flexibility index (Phi) is 7.40. The van der Waals surface area contributed by atoms with E-state index in [-0.39, 0.29) is 11.1 Å². The van der Waals surface area contributed by atoms with Gasteiger partial charge in [0.05, 0.1) is 31.8 Å². The summed E-state index contributed by atoms with van der Waals surface area (Å²) in [4.78, 5) is 18.3. The molecule has 0 atom stereocenters. The summed E-state index contributed by atoms with van der Waals surface area (Å²) < 4.78 is 12.7. The summed E-state index contributed by atoms with van der Waals surface area (Å²) in [6, 6.07) is 13.9. The maximum atomic E-state index is 13.0. The van der Waals surface area contributed by atoms with Gasteiger partial charge in [-0.1, -0.05) is 24.3 Å². The van der Waals surface area contributed by atoms with Crippen LogP contribution < -0.4 is 15.0 Å². The van der Waals surface area contributed by atoms with Gasteiger partial charge < -0.3 is 14.5 Å². The number of aromatic amines is 1. The second kappa shape index (κ2) is 10.5. The first-order valence-corrected chi connectivity index (χ1v) is 12.0. The van der Waals surface area contributed by atoms with Gasteiger partial charge in [0.1, 0.15) is 0 Å². The van der Waals surface area contributed by atoms with Crippen molar-refractivity contribution in [3.8, 4) is 11.5 Å². The molecule has 2 heterocycles. The van der Waals surface area contributed by atoms with E-state index in [2.05, 4.69) is 46.2 Å². The zero-order valence-corrected chi connectivity index (χ0v) is 21.8. The highest BCUT2D eigenvalue weighted by molar-refractivity contribution is 5.81. The number of nitrogens with zero attached hydrogens (tertiary/aromatic N) is 5. The molecule has 36 heavy (non-hydrogen) atoms. The molecule has 0 amide bonds. The predicted molar refractivity (Wildman–Crippen MR) is 139 cm³/mol. The molecule has 1 N–H and O–H groups in total. The van der Waals surface area contributed by atoms with Gasteiger partial charge in [-0.2, -0.15) is 0 Å². The number of aryl methyl sites for hydroxylation is 1. The molecule has 4 rings (SSSR count). The number of benzene rings is 2. The van der Waals surface area contributed by atoms with Crippen molar-refractivity contribution in [1.29, 1.82) is 0 Å². The molecule has 0 fully saturated rings. The minimum absolute atomic E-state index is 0.0803. The lowest BCUT2D eigenvalue weighted by Gasteiger charge is -2.25. The number of fused-ring (bicyclic) bond motifs is 1. The van der Waals surface area contributed by atoms with Crippen LogP contribution in [0.1, 0.15) is 43.3 Å². The molecule has 0 aliphatic rings. The van der Waals surface area contributed by atoms with Crippen molar-refractivity contribution in [2.45, 2.75) is 52.7 Å². The third kappa shape index (κ3) is 5.57. The summed E-state index contributed by atoms with van der Waals surface area (Å²) in [6.45, 7) is 9.86. The first-order chi connectivity index (χ1) is 17.2. The van der Waals surface area contributed by atoms with Crippen LogP contribution in [0.25, 0.3) is 10.9 Å². The minimum atomic E-state index is -0.258. The van der Waals surface area contributed by atoms with Crippen molar-refractivity contribution in [3.63, 3.8) is 0 Å². The highest BCUT2D eigenvalue weighted by atomic mass is 16.5. The van der Waals surface area contributed by atoms with Gasteiger partial charge >= 0.3 is 0 Å². The molecule has 2 aromatic heterocycles. The lowest BCUT2D eigenvalue weighted by Crippen LogP contribution is -2.32. The van der Waals surface area contributed by atoms with Crippen molar-refractivity contribution >= 4 is 10.9 Å². The van der Waals surface area contributed by atoms with Crippen LogP contribution in [0, 0.1) is 6.92 Å². The number of rotatable bonds is 9. The third-order valence-corrected chi connectivity index (χ3v) is 6.26. The Hall–Kier alpha value is -3.72. The van der Waals surface area contributed by atoms with Crippen LogP contribution in [-0.2, 0) is 25.0 Å². The Labute approximate surface area is 211 Å². The van der Waals surface area contributed by atoms with E-state index < -0.39 is 0 Å². The van der Waals surface area contributed by atoms with Gasteiger partial charge in [-0.25, -0.2) is 4.68 Å². The largest absolute Gasteiger partial charge is 0.493 e. The van der Waals surface area contributed by atoms with E-state index in [1.807, 2.05) is 54.1 Å². The zero-order chi connectivity index (χ0) is 25.9. The molecule has 9 nitrogen and oxygen atoms in total. The van der Waals surface area contributed by atoms with Crippen LogP contribution in [0.5, 0.6) is 11.5 Å². The van der Waals surface area contributed by atoms with Gasteiger partial charge in [0.25, 0.3) is 5.56 Å². The van der Waals surface area contributed by atoms with Crippen LogP contribution >= 0.6 is 0 Å². The Morgan fingerprint density at radius 3 is 2.53 bits per heavy atom. The Morgan fingerprint density at radius 1 is 1.03 bits per heavy atom. The number of methoxy groups -OCH3 is 2. The molecule has 0 aliphatic carbocycles. The van der Waals surface area contributed by atoms with E-state index in [0.717, 1.165) is 34.3 Å². The molecular weight excluding hydrogens is 456 g/mol. The minimum Gasteiger partial charge on any atom is -0.493 e. The van der Waals surface area contributed by atoms with E-state index in [0.29, 0.717) is 36.7 Å². The highest BCUT2D eigenvalue weighted by Gasteiger charge is 2.22. The maximum absolute atomic E-state index is 13.0. The molecule has 0 aliphatic heterocycles. The number of aromatic nitrogens is 5. The first-order valence-electron chi connectivity index (χ1n) is 12.0. The number of hydrogen-bond acceptors (Lipinski definition) is 7. The van der Waals surface area contributed by atoms with Gasteiger partial charge in [-0.05, 0) is 79.3 Å². The maximum Gasteiger partial charge on any atom is 0.252 e. The van der Waals surface area contributed by atoms with E-state index in [1.54, 1.807) is 14.2 Å². The normalized spacial score (nSPS) is 11.9. The fourth-order valence-electron chi connectivity index (χ4n) is 4.35. The lowest BCUT2D eigenvalue weighted by atomic mass is 10.1.